The van der Waals surface area contributed by atoms with Crippen molar-refractivity contribution in [1.29, 1.82) is 0 Å². The van der Waals surface area contributed by atoms with E-state index in [9.17, 15) is 14.4 Å². The second-order valence-corrected chi connectivity index (χ2v) is 7.60. The fraction of sp³-hybridized carbons (Fsp3) is 0.261. The summed E-state index contributed by atoms with van der Waals surface area (Å²) in [6, 6.07) is 12.7. The topological polar surface area (TPSA) is 69.7 Å². The summed E-state index contributed by atoms with van der Waals surface area (Å²) in [5.74, 6) is -0.838. The van der Waals surface area contributed by atoms with E-state index in [0.29, 0.717) is 16.9 Å². The number of rotatable bonds is 4. The van der Waals surface area contributed by atoms with Crippen LogP contribution in [-0.2, 0) is 9.59 Å². The Morgan fingerprint density at radius 1 is 1.17 bits per heavy atom. The number of amides is 3. The summed E-state index contributed by atoms with van der Waals surface area (Å²) in [5.41, 5.74) is 2.17. The van der Waals surface area contributed by atoms with Crippen LogP contribution < -0.4 is 10.2 Å². The Labute approximate surface area is 169 Å². The monoisotopic (exact) mass is 389 g/mol. The quantitative estimate of drug-likeness (QED) is 0.815. The largest absolute Gasteiger partial charge is 0.322 e. The van der Waals surface area contributed by atoms with Crippen molar-refractivity contribution in [3.8, 4) is 0 Å². The number of nitrogens with zero attached hydrogens (tertiary/aromatic N) is 2. The lowest BCUT2D eigenvalue weighted by Crippen LogP contribution is -2.69. The molecule has 0 aromatic heterocycles. The molecule has 6 heteroatoms. The van der Waals surface area contributed by atoms with Crippen LogP contribution in [0.25, 0.3) is 0 Å². The maximum absolute atomic E-state index is 13.6. The van der Waals surface area contributed by atoms with Crippen molar-refractivity contribution in [3.05, 3.63) is 71.8 Å². The molecule has 2 heterocycles. The highest BCUT2D eigenvalue weighted by Gasteiger charge is 2.60. The molecule has 1 saturated heterocycles. The molecule has 0 saturated carbocycles. The second-order valence-electron chi connectivity index (χ2n) is 7.60. The number of hydrogen-bond acceptors (Lipinski definition) is 3. The van der Waals surface area contributed by atoms with Gasteiger partial charge in [-0.3, -0.25) is 19.3 Å². The summed E-state index contributed by atoms with van der Waals surface area (Å²) in [5, 5.41) is 2.95. The minimum atomic E-state index is -1.41. The minimum absolute atomic E-state index is 0.164. The van der Waals surface area contributed by atoms with E-state index in [1.54, 1.807) is 30.3 Å². The number of benzene rings is 2. The third-order valence-electron chi connectivity index (χ3n) is 5.53. The van der Waals surface area contributed by atoms with Gasteiger partial charge < -0.3 is 10.2 Å². The van der Waals surface area contributed by atoms with E-state index >= 15 is 0 Å². The third kappa shape index (κ3) is 2.83. The van der Waals surface area contributed by atoms with Crippen molar-refractivity contribution in [1.82, 2.24) is 4.90 Å². The Bertz CT molecular complexity index is 1030. The summed E-state index contributed by atoms with van der Waals surface area (Å²) in [6.07, 6.45) is 2.00. The average Bonchev–Trinajstić information content (AvgIpc) is 3.03. The fourth-order valence-electron chi connectivity index (χ4n) is 4.44. The van der Waals surface area contributed by atoms with Gasteiger partial charge in [0.05, 0.1) is 11.3 Å². The van der Waals surface area contributed by atoms with Crippen LogP contribution in [0.5, 0.6) is 0 Å². The molecular formula is C23H23N3O3. The van der Waals surface area contributed by atoms with E-state index in [2.05, 4.69) is 11.9 Å². The zero-order chi connectivity index (χ0) is 20.8. The molecule has 0 spiro atoms. The van der Waals surface area contributed by atoms with Gasteiger partial charge in [0, 0.05) is 25.1 Å². The van der Waals surface area contributed by atoms with Gasteiger partial charge in [0.15, 0.2) is 0 Å². The predicted octanol–water partition coefficient (Wildman–Crippen LogP) is 3.41. The first kappa shape index (κ1) is 18.9. The lowest BCUT2D eigenvalue weighted by molar-refractivity contribution is -0.128. The van der Waals surface area contributed by atoms with Crippen molar-refractivity contribution in [2.45, 2.75) is 32.4 Å². The van der Waals surface area contributed by atoms with Crippen molar-refractivity contribution < 1.29 is 14.4 Å². The molecule has 2 aliphatic heterocycles. The molecule has 3 amide bonds. The number of anilines is 2. The van der Waals surface area contributed by atoms with Gasteiger partial charge in [-0.25, -0.2) is 0 Å². The Hall–Kier alpha value is -3.41. The van der Waals surface area contributed by atoms with Crippen LogP contribution in [0.3, 0.4) is 0 Å². The SMILES string of the molecule is C=CCN1C(=O)c2ccccc2N2C(=O)CC[C@@]12C(=O)Nc1cc(C)cc(C)c1. The molecule has 1 atom stereocenters. The molecule has 6 nitrogen and oxygen atoms in total. The van der Waals surface area contributed by atoms with Gasteiger partial charge in [0.2, 0.25) is 11.6 Å². The third-order valence-corrected chi connectivity index (χ3v) is 5.53. The minimum Gasteiger partial charge on any atom is -0.322 e. The van der Waals surface area contributed by atoms with Crippen LogP contribution >= 0.6 is 0 Å². The lowest BCUT2D eigenvalue weighted by Gasteiger charge is -2.48. The molecule has 0 bridgehead atoms. The van der Waals surface area contributed by atoms with Crippen LogP contribution in [0.4, 0.5) is 11.4 Å². The lowest BCUT2D eigenvalue weighted by atomic mass is 9.95. The molecular weight excluding hydrogens is 366 g/mol. The van der Waals surface area contributed by atoms with E-state index in [4.69, 9.17) is 0 Å². The Morgan fingerprint density at radius 3 is 2.55 bits per heavy atom. The molecule has 0 aliphatic carbocycles. The first-order valence-corrected chi connectivity index (χ1v) is 9.63. The van der Waals surface area contributed by atoms with Crippen LogP contribution in [-0.4, -0.2) is 34.8 Å². The highest BCUT2D eigenvalue weighted by molar-refractivity contribution is 6.18. The van der Waals surface area contributed by atoms with E-state index in [1.165, 1.54) is 9.80 Å². The number of fused-ring (bicyclic) bond motifs is 3. The maximum atomic E-state index is 13.6. The van der Waals surface area contributed by atoms with Crippen molar-refractivity contribution in [2.75, 3.05) is 16.8 Å². The summed E-state index contributed by atoms with van der Waals surface area (Å²) < 4.78 is 0. The van der Waals surface area contributed by atoms with Gasteiger partial charge in [-0.1, -0.05) is 24.3 Å². The van der Waals surface area contributed by atoms with Crippen molar-refractivity contribution in [2.24, 2.45) is 0 Å². The summed E-state index contributed by atoms with van der Waals surface area (Å²) in [7, 11) is 0. The molecule has 148 valence electrons. The van der Waals surface area contributed by atoms with Crippen molar-refractivity contribution >= 4 is 29.1 Å². The van der Waals surface area contributed by atoms with Crippen molar-refractivity contribution in [3.63, 3.8) is 0 Å². The molecule has 0 unspecified atom stereocenters. The number of hydrogen-bond donors (Lipinski definition) is 1. The molecule has 1 N–H and O–H groups in total. The van der Waals surface area contributed by atoms with Gasteiger partial charge in [-0.2, -0.15) is 0 Å². The second kappa shape index (κ2) is 6.88. The van der Waals surface area contributed by atoms with Crippen LogP contribution in [0.1, 0.15) is 34.3 Å². The fourth-order valence-corrected chi connectivity index (χ4v) is 4.44. The standard InChI is InChI=1S/C23H23N3O3/c1-4-11-25-21(28)18-7-5-6-8-19(18)26-20(27)9-10-23(25,26)22(29)24-17-13-15(2)12-16(3)14-17/h4-8,12-14H,1,9-11H2,2-3H3,(H,24,29)/t23-/m1/s1. The van der Waals surface area contributed by atoms with Gasteiger partial charge in [0.1, 0.15) is 0 Å². The van der Waals surface area contributed by atoms with Crippen LogP contribution in [0.15, 0.2) is 55.1 Å². The molecule has 1 fully saturated rings. The van der Waals surface area contributed by atoms with Gasteiger partial charge in [-0.05, 0) is 49.2 Å². The predicted molar refractivity (Wildman–Crippen MR) is 112 cm³/mol. The van der Waals surface area contributed by atoms with E-state index in [1.807, 2.05) is 32.0 Å². The average molecular weight is 389 g/mol. The van der Waals surface area contributed by atoms with Gasteiger partial charge >= 0.3 is 0 Å². The Morgan fingerprint density at radius 2 is 1.86 bits per heavy atom. The molecule has 0 radical (unpaired) electrons. The maximum Gasteiger partial charge on any atom is 0.271 e. The normalized spacial score (nSPS) is 20.3. The summed E-state index contributed by atoms with van der Waals surface area (Å²) in [6.45, 7) is 7.82. The zero-order valence-electron chi connectivity index (χ0n) is 16.6. The summed E-state index contributed by atoms with van der Waals surface area (Å²) >= 11 is 0. The highest BCUT2D eigenvalue weighted by Crippen LogP contribution is 2.45. The molecule has 2 aromatic carbocycles. The number of nitrogens with one attached hydrogen (secondary N) is 1. The van der Waals surface area contributed by atoms with Crippen LogP contribution in [0.2, 0.25) is 0 Å². The highest BCUT2D eigenvalue weighted by atomic mass is 16.2. The Balaban J connectivity index is 1.85. The van der Waals surface area contributed by atoms with E-state index in [0.717, 1.165) is 11.1 Å². The number of para-hydroxylation sites is 1. The van der Waals surface area contributed by atoms with Gasteiger partial charge in [-0.15, -0.1) is 6.58 Å². The first-order chi connectivity index (χ1) is 13.9. The number of carbonyl (C=O) groups excluding carboxylic acids is 3. The number of aryl methyl sites for hydroxylation is 2. The molecule has 2 aromatic rings. The number of carbonyl (C=O) groups is 3. The molecule has 29 heavy (non-hydrogen) atoms. The van der Waals surface area contributed by atoms with Gasteiger partial charge in [0.25, 0.3) is 11.8 Å². The summed E-state index contributed by atoms with van der Waals surface area (Å²) in [4.78, 5) is 42.8. The Kier molecular flexibility index (Phi) is 4.49. The molecule has 2 aliphatic rings. The van der Waals surface area contributed by atoms with Crippen LogP contribution in [0, 0.1) is 13.8 Å². The smallest absolute Gasteiger partial charge is 0.271 e. The van der Waals surface area contributed by atoms with E-state index in [-0.39, 0.29) is 31.2 Å². The zero-order valence-corrected chi connectivity index (χ0v) is 16.6. The first-order valence-electron chi connectivity index (χ1n) is 9.63. The molecule has 4 rings (SSSR count). The van der Waals surface area contributed by atoms with E-state index < -0.39 is 11.6 Å².